The lowest BCUT2D eigenvalue weighted by molar-refractivity contribution is -0.134. The predicted molar refractivity (Wildman–Crippen MR) is 97.8 cm³/mol. The maximum Gasteiger partial charge on any atom is 0.320 e. The van der Waals surface area contributed by atoms with E-state index in [1.54, 1.807) is 0 Å². The van der Waals surface area contributed by atoms with Gasteiger partial charge in [0.2, 0.25) is 5.91 Å². The monoisotopic (exact) mass is 364 g/mol. The van der Waals surface area contributed by atoms with Gasteiger partial charge >= 0.3 is 6.03 Å². The highest BCUT2D eigenvalue weighted by atomic mass is 16.5. The van der Waals surface area contributed by atoms with Gasteiger partial charge in [0.15, 0.2) is 0 Å². The fourth-order valence-corrected chi connectivity index (χ4v) is 4.71. The molecule has 0 aromatic carbocycles. The van der Waals surface area contributed by atoms with Gasteiger partial charge in [-0.15, -0.1) is 0 Å². The molecule has 3 aliphatic heterocycles. The highest BCUT2D eigenvalue weighted by molar-refractivity contribution is 5.82. The number of piperazine rings is 2. The SMILES string of the molecule is CN1CCN(C(=O)N2CCN(C(=O)[C@@H]3C[C@H]3C3CCOCC3)CC2)CC1. The minimum absolute atomic E-state index is 0.150. The molecule has 3 heterocycles. The average molecular weight is 364 g/mol. The number of carbonyl (C=O) groups excluding carboxylic acids is 2. The van der Waals surface area contributed by atoms with Crippen molar-refractivity contribution in [1.82, 2.24) is 19.6 Å². The van der Waals surface area contributed by atoms with Gasteiger partial charge in [-0.1, -0.05) is 0 Å². The largest absolute Gasteiger partial charge is 0.381 e. The molecule has 0 aromatic heterocycles. The minimum atomic E-state index is 0.150. The van der Waals surface area contributed by atoms with Crippen molar-refractivity contribution in [3.05, 3.63) is 0 Å². The molecular formula is C19H32N4O3. The molecule has 1 aliphatic carbocycles. The Morgan fingerprint density at radius 2 is 1.35 bits per heavy atom. The van der Waals surface area contributed by atoms with E-state index in [9.17, 15) is 9.59 Å². The van der Waals surface area contributed by atoms with Crippen molar-refractivity contribution >= 4 is 11.9 Å². The van der Waals surface area contributed by atoms with Gasteiger partial charge in [0.25, 0.3) is 0 Å². The van der Waals surface area contributed by atoms with Gasteiger partial charge in [0, 0.05) is 71.5 Å². The lowest BCUT2D eigenvalue weighted by atomic mass is 9.93. The summed E-state index contributed by atoms with van der Waals surface area (Å²) in [5.41, 5.74) is 0. The Labute approximate surface area is 156 Å². The fourth-order valence-electron chi connectivity index (χ4n) is 4.71. The van der Waals surface area contributed by atoms with Crippen molar-refractivity contribution in [1.29, 1.82) is 0 Å². The van der Waals surface area contributed by atoms with Gasteiger partial charge in [-0.2, -0.15) is 0 Å². The molecule has 3 amide bonds. The van der Waals surface area contributed by atoms with Crippen LogP contribution in [0.4, 0.5) is 4.79 Å². The van der Waals surface area contributed by atoms with Crippen LogP contribution in [0.2, 0.25) is 0 Å². The number of rotatable bonds is 2. The fraction of sp³-hybridized carbons (Fsp3) is 0.895. The van der Waals surface area contributed by atoms with Crippen LogP contribution in [0.15, 0.2) is 0 Å². The summed E-state index contributed by atoms with van der Waals surface area (Å²) in [4.78, 5) is 33.6. The van der Waals surface area contributed by atoms with Crippen molar-refractivity contribution in [3.8, 4) is 0 Å². The zero-order valence-electron chi connectivity index (χ0n) is 15.9. The summed E-state index contributed by atoms with van der Waals surface area (Å²) in [7, 11) is 2.09. The quantitative estimate of drug-likeness (QED) is 0.719. The van der Waals surface area contributed by atoms with Gasteiger partial charge in [-0.25, -0.2) is 4.79 Å². The number of hydrogen-bond donors (Lipinski definition) is 0. The molecule has 0 bridgehead atoms. The van der Waals surface area contributed by atoms with Crippen LogP contribution in [0.5, 0.6) is 0 Å². The molecule has 4 aliphatic rings. The summed E-state index contributed by atoms with van der Waals surface area (Å²) < 4.78 is 5.44. The second-order valence-electron chi connectivity index (χ2n) is 8.34. The molecule has 26 heavy (non-hydrogen) atoms. The highest BCUT2D eigenvalue weighted by Crippen LogP contribution is 2.48. The first-order chi connectivity index (χ1) is 12.6. The molecule has 7 nitrogen and oxygen atoms in total. The second kappa shape index (κ2) is 7.72. The highest BCUT2D eigenvalue weighted by Gasteiger charge is 2.49. The average Bonchev–Trinajstić information content (AvgIpc) is 3.49. The molecule has 0 N–H and O–H groups in total. The maximum atomic E-state index is 12.8. The van der Waals surface area contributed by atoms with E-state index in [4.69, 9.17) is 4.74 Å². The number of amides is 3. The molecule has 0 aromatic rings. The Balaban J connectivity index is 1.22. The zero-order valence-corrected chi connectivity index (χ0v) is 15.9. The third-order valence-electron chi connectivity index (χ3n) is 6.66. The molecule has 0 spiro atoms. The van der Waals surface area contributed by atoms with Crippen LogP contribution in [-0.4, -0.2) is 104 Å². The molecule has 4 fully saturated rings. The van der Waals surface area contributed by atoms with Gasteiger partial charge < -0.3 is 24.3 Å². The summed E-state index contributed by atoms with van der Waals surface area (Å²) >= 11 is 0. The van der Waals surface area contributed by atoms with Crippen LogP contribution in [0.3, 0.4) is 0 Å². The predicted octanol–water partition coefficient (Wildman–Crippen LogP) is 0.561. The van der Waals surface area contributed by atoms with Gasteiger partial charge in [0.05, 0.1) is 0 Å². The van der Waals surface area contributed by atoms with Crippen molar-refractivity contribution in [2.45, 2.75) is 19.3 Å². The summed E-state index contributed by atoms with van der Waals surface area (Å²) in [6.45, 7) is 7.94. The number of ether oxygens (including phenoxy) is 1. The summed E-state index contributed by atoms with van der Waals surface area (Å²) in [5, 5.41) is 0. The lowest BCUT2D eigenvalue weighted by Gasteiger charge is -2.40. The number of likely N-dealkylation sites (N-methyl/N-ethyl adjacent to an activating group) is 1. The number of nitrogens with zero attached hydrogens (tertiary/aromatic N) is 4. The molecule has 0 unspecified atom stereocenters. The Hall–Kier alpha value is -1.34. The van der Waals surface area contributed by atoms with Crippen LogP contribution < -0.4 is 0 Å². The number of urea groups is 1. The lowest BCUT2D eigenvalue weighted by Crippen LogP contribution is -2.57. The van der Waals surface area contributed by atoms with E-state index < -0.39 is 0 Å². The Bertz CT molecular complexity index is 521. The van der Waals surface area contributed by atoms with E-state index in [1.165, 1.54) is 0 Å². The van der Waals surface area contributed by atoms with E-state index >= 15 is 0 Å². The topological polar surface area (TPSA) is 56.3 Å². The molecule has 0 radical (unpaired) electrons. The van der Waals surface area contributed by atoms with E-state index in [-0.39, 0.29) is 11.9 Å². The van der Waals surface area contributed by atoms with Crippen LogP contribution in [0.25, 0.3) is 0 Å². The third-order valence-corrected chi connectivity index (χ3v) is 6.66. The summed E-state index contributed by atoms with van der Waals surface area (Å²) in [6, 6.07) is 0.150. The summed E-state index contributed by atoms with van der Waals surface area (Å²) in [6.07, 6.45) is 3.29. The normalized spacial score (nSPS) is 31.2. The van der Waals surface area contributed by atoms with Crippen LogP contribution in [-0.2, 0) is 9.53 Å². The van der Waals surface area contributed by atoms with Gasteiger partial charge in [-0.05, 0) is 38.1 Å². The van der Waals surface area contributed by atoms with E-state index in [0.717, 1.165) is 58.7 Å². The van der Waals surface area contributed by atoms with Crippen LogP contribution in [0, 0.1) is 17.8 Å². The smallest absolute Gasteiger partial charge is 0.320 e. The molecule has 4 rings (SSSR count). The Morgan fingerprint density at radius 1 is 0.808 bits per heavy atom. The molecule has 7 heteroatoms. The van der Waals surface area contributed by atoms with Gasteiger partial charge in [-0.3, -0.25) is 4.79 Å². The zero-order chi connectivity index (χ0) is 18.1. The molecule has 1 saturated carbocycles. The molecule has 146 valence electrons. The Morgan fingerprint density at radius 3 is 1.96 bits per heavy atom. The standard InChI is InChI=1S/C19H32N4O3/c1-20-4-6-22(7-5-20)19(25)23-10-8-21(9-11-23)18(24)17-14-16(17)15-2-12-26-13-3-15/h15-17H,2-14H2,1H3/t16-,17+/m0/s1. The molecule has 2 atom stereocenters. The van der Waals surface area contributed by atoms with Crippen LogP contribution >= 0.6 is 0 Å². The minimum Gasteiger partial charge on any atom is -0.381 e. The van der Waals surface area contributed by atoms with E-state index in [1.807, 2.05) is 14.7 Å². The number of hydrogen-bond acceptors (Lipinski definition) is 4. The van der Waals surface area contributed by atoms with Crippen LogP contribution in [0.1, 0.15) is 19.3 Å². The molecular weight excluding hydrogens is 332 g/mol. The van der Waals surface area contributed by atoms with E-state index in [0.29, 0.717) is 43.9 Å². The second-order valence-corrected chi connectivity index (χ2v) is 8.34. The first kappa shape index (κ1) is 18.0. The van der Waals surface area contributed by atoms with Crippen molar-refractivity contribution < 1.29 is 14.3 Å². The van der Waals surface area contributed by atoms with E-state index in [2.05, 4.69) is 11.9 Å². The number of carbonyl (C=O) groups is 2. The third kappa shape index (κ3) is 3.83. The van der Waals surface area contributed by atoms with Crippen molar-refractivity contribution in [2.24, 2.45) is 17.8 Å². The Kier molecular flexibility index (Phi) is 5.36. The first-order valence-electron chi connectivity index (χ1n) is 10.2. The maximum absolute atomic E-state index is 12.8. The van der Waals surface area contributed by atoms with Gasteiger partial charge in [0.1, 0.15) is 0 Å². The first-order valence-corrected chi connectivity index (χ1v) is 10.2. The van der Waals surface area contributed by atoms with Crippen molar-refractivity contribution in [2.75, 3.05) is 72.6 Å². The summed E-state index contributed by atoms with van der Waals surface area (Å²) in [5.74, 6) is 1.82. The van der Waals surface area contributed by atoms with Crippen molar-refractivity contribution in [3.63, 3.8) is 0 Å². The molecule has 3 saturated heterocycles.